The summed E-state index contributed by atoms with van der Waals surface area (Å²) in [6, 6.07) is 0.607. The molecular formula is C8H10N2OS. The van der Waals surface area contributed by atoms with Crippen LogP contribution in [-0.2, 0) is 0 Å². The van der Waals surface area contributed by atoms with Crippen LogP contribution in [-0.4, -0.2) is 16.8 Å². The first-order valence-electron chi connectivity index (χ1n) is 3.99. The number of anilines is 1. The molecule has 1 aliphatic carbocycles. The highest BCUT2D eigenvalue weighted by Gasteiger charge is 2.22. The molecule has 3 nitrogen and oxygen atoms in total. The number of hydrogen-bond acceptors (Lipinski definition) is 4. The number of thiazole rings is 1. The van der Waals surface area contributed by atoms with Crippen LogP contribution in [0.3, 0.4) is 0 Å². The van der Waals surface area contributed by atoms with Crippen LogP contribution in [0.25, 0.3) is 0 Å². The molecule has 0 radical (unpaired) electrons. The molecule has 2 rings (SSSR count). The maximum atomic E-state index is 10.9. The third kappa shape index (κ3) is 1.64. The molecular weight excluding hydrogens is 172 g/mol. The van der Waals surface area contributed by atoms with Crippen LogP contribution in [0.2, 0.25) is 0 Å². The maximum Gasteiger partial charge on any atom is 0.183 e. The highest BCUT2D eigenvalue weighted by atomic mass is 32.1. The lowest BCUT2D eigenvalue weighted by atomic mass is 10.4. The molecule has 1 fully saturated rings. The lowest BCUT2D eigenvalue weighted by Crippen LogP contribution is -1.99. The Morgan fingerprint density at radius 3 is 3.00 bits per heavy atom. The largest absolute Gasteiger partial charge is 0.359 e. The normalized spacial score (nSPS) is 16.1. The summed E-state index contributed by atoms with van der Waals surface area (Å²) in [6.45, 7) is 1.56. The van der Waals surface area contributed by atoms with Crippen LogP contribution >= 0.6 is 11.3 Å². The van der Waals surface area contributed by atoms with Gasteiger partial charge in [-0.15, -0.1) is 0 Å². The van der Waals surface area contributed by atoms with Crippen LogP contribution in [0.5, 0.6) is 0 Å². The zero-order chi connectivity index (χ0) is 8.55. The Morgan fingerprint density at radius 1 is 1.75 bits per heavy atom. The van der Waals surface area contributed by atoms with E-state index in [9.17, 15) is 4.79 Å². The Morgan fingerprint density at radius 2 is 2.50 bits per heavy atom. The van der Waals surface area contributed by atoms with Crippen molar-refractivity contribution >= 4 is 22.3 Å². The van der Waals surface area contributed by atoms with Crippen LogP contribution in [0.4, 0.5) is 5.13 Å². The summed E-state index contributed by atoms with van der Waals surface area (Å²) in [6.07, 6.45) is 4.10. The van der Waals surface area contributed by atoms with E-state index in [1.807, 2.05) is 0 Å². The first-order chi connectivity index (χ1) is 5.75. The standard InChI is InChI=1S/C8H10N2OS/c1-5(11)7-4-9-8(12-7)10-6-2-3-6/h4,6H,2-3H2,1H3,(H,9,10). The van der Waals surface area contributed by atoms with Gasteiger partial charge < -0.3 is 5.32 Å². The Balaban J connectivity index is 2.06. The van der Waals surface area contributed by atoms with Gasteiger partial charge in [0.05, 0.1) is 11.1 Å². The second-order valence-electron chi connectivity index (χ2n) is 3.00. The molecule has 1 saturated carbocycles. The van der Waals surface area contributed by atoms with Gasteiger partial charge in [0.25, 0.3) is 0 Å². The van der Waals surface area contributed by atoms with Gasteiger partial charge in [-0.2, -0.15) is 0 Å². The number of nitrogens with one attached hydrogen (secondary N) is 1. The van der Waals surface area contributed by atoms with Crippen molar-refractivity contribution in [3.8, 4) is 0 Å². The number of nitrogens with zero attached hydrogens (tertiary/aromatic N) is 1. The Bertz CT molecular complexity index is 304. The zero-order valence-corrected chi connectivity index (χ0v) is 7.65. The summed E-state index contributed by atoms with van der Waals surface area (Å²) in [4.78, 5) is 15.7. The van der Waals surface area contributed by atoms with Gasteiger partial charge in [0.1, 0.15) is 0 Å². The fourth-order valence-corrected chi connectivity index (χ4v) is 1.69. The molecule has 1 N–H and O–H groups in total. The van der Waals surface area contributed by atoms with Crippen molar-refractivity contribution in [1.29, 1.82) is 0 Å². The molecule has 0 atom stereocenters. The smallest absolute Gasteiger partial charge is 0.183 e. The van der Waals surface area contributed by atoms with Crippen LogP contribution in [0.1, 0.15) is 29.4 Å². The van der Waals surface area contributed by atoms with Crippen LogP contribution in [0.15, 0.2) is 6.20 Å². The molecule has 1 heterocycles. The summed E-state index contributed by atoms with van der Waals surface area (Å²) in [7, 11) is 0. The minimum absolute atomic E-state index is 0.0938. The fourth-order valence-electron chi connectivity index (χ4n) is 0.906. The molecule has 12 heavy (non-hydrogen) atoms. The highest BCUT2D eigenvalue weighted by Crippen LogP contribution is 2.27. The number of rotatable bonds is 3. The van der Waals surface area contributed by atoms with E-state index in [0.29, 0.717) is 6.04 Å². The second-order valence-corrected chi connectivity index (χ2v) is 4.04. The van der Waals surface area contributed by atoms with Gasteiger partial charge in [-0.25, -0.2) is 4.98 Å². The summed E-state index contributed by atoms with van der Waals surface area (Å²) in [5.41, 5.74) is 0. The van der Waals surface area contributed by atoms with Crippen molar-refractivity contribution in [3.05, 3.63) is 11.1 Å². The second kappa shape index (κ2) is 2.86. The number of aromatic nitrogens is 1. The Kier molecular flexibility index (Phi) is 1.84. The molecule has 0 saturated heterocycles. The van der Waals surface area contributed by atoms with Crippen molar-refractivity contribution < 1.29 is 4.79 Å². The third-order valence-electron chi connectivity index (χ3n) is 1.76. The molecule has 4 heteroatoms. The first-order valence-corrected chi connectivity index (χ1v) is 4.80. The first kappa shape index (κ1) is 7.73. The van der Waals surface area contributed by atoms with E-state index < -0.39 is 0 Å². The highest BCUT2D eigenvalue weighted by molar-refractivity contribution is 7.17. The quantitative estimate of drug-likeness (QED) is 0.726. The summed E-state index contributed by atoms with van der Waals surface area (Å²) < 4.78 is 0. The van der Waals surface area contributed by atoms with Crippen molar-refractivity contribution in [3.63, 3.8) is 0 Å². The molecule has 0 spiro atoms. The van der Waals surface area contributed by atoms with Gasteiger partial charge >= 0.3 is 0 Å². The van der Waals surface area contributed by atoms with Gasteiger partial charge in [0, 0.05) is 13.0 Å². The van der Waals surface area contributed by atoms with Crippen molar-refractivity contribution in [1.82, 2.24) is 4.98 Å². The molecule has 0 aromatic carbocycles. The Labute approximate surface area is 74.8 Å². The van der Waals surface area contributed by atoms with E-state index in [4.69, 9.17) is 0 Å². The van der Waals surface area contributed by atoms with Gasteiger partial charge in [-0.05, 0) is 12.8 Å². The zero-order valence-electron chi connectivity index (χ0n) is 6.83. The average Bonchev–Trinajstić information content (AvgIpc) is 2.66. The molecule has 0 bridgehead atoms. The van der Waals surface area contributed by atoms with E-state index in [1.54, 1.807) is 13.1 Å². The van der Waals surface area contributed by atoms with Gasteiger partial charge in [0.2, 0.25) is 0 Å². The topological polar surface area (TPSA) is 42.0 Å². The number of carbonyl (C=O) groups is 1. The average molecular weight is 182 g/mol. The number of carbonyl (C=O) groups excluding carboxylic acids is 1. The monoisotopic (exact) mass is 182 g/mol. The van der Waals surface area contributed by atoms with Gasteiger partial charge in [-0.1, -0.05) is 11.3 Å². The minimum Gasteiger partial charge on any atom is -0.359 e. The number of hydrogen-bond donors (Lipinski definition) is 1. The molecule has 0 amide bonds. The summed E-state index contributed by atoms with van der Waals surface area (Å²) in [5, 5.41) is 4.12. The van der Waals surface area contributed by atoms with E-state index in [1.165, 1.54) is 24.2 Å². The summed E-state index contributed by atoms with van der Waals surface area (Å²) >= 11 is 1.44. The lowest BCUT2D eigenvalue weighted by Gasteiger charge is -1.94. The summed E-state index contributed by atoms with van der Waals surface area (Å²) in [5.74, 6) is 0.0938. The third-order valence-corrected chi connectivity index (χ3v) is 2.79. The van der Waals surface area contributed by atoms with E-state index in [0.717, 1.165) is 10.0 Å². The predicted molar refractivity (Wildman–Crippen MR) is 48.8 cm³/mol. The van der Waals surface area contributed by atoms with Crippen molar-refractivity contribution in [2.24, 2.45) is 0 Å². The Hall–Kier alpha value is -0.900. The predicted octanol–water partition coefficient (Wildman–Crippen LogP) is 1.92. The maximum absolute atomic E-state index is 10.9. The molecule has 1 aromatic rings. The van der Waals surface area contributed by atoms with Gasteiger partial charge in [0.15, 0.2) is 10.9 Å². The molecule has 0 aliphatic heterocycles. The molecule has 1 aliphatic rings. The molecule has 0 unspecified atom stereocenters. The fraction of sp³-hybridized carbons (Fsp3) is 0.500. The van der Waals surface area contributed by atoms with E-state index >= 15 is 0 Å². The van der Waals surface area contributed by atoms with E-state index in [2.05, 4.69) is 10.3 Å². The van der Waals surface area contributed by atoms with Crippen molar-refractivity contribution in [2.75, 3.05) is 5.32 Å². The van der Waals surface area contributed by atoms with Gasteiger partial charge in [-0.3, -0.25) is 4.79 Å². The minimum atomic E-state index is 0.0938. The molecule has 1 aromatic heterocycles. The lowest BCUT2D eigenvalue weighted by molar-refractivity contribution is 0.102. The number of Topliss-reactive ketones (excluding diaryl/α,β-unsaturated/α-hetero) is 1. The SMILES string of the molecule is CC(=O)c1cnc(NC2CC2)s1. The van der Waals surface area contributed by atoms with Crippen molar-refractivity contribution in [2.45, 2.75) is 25.8 Å². The number of ketones is 1. The molecule has 64 valence electrons. The van der Waals surface area contributed by atoms with Crippen LogP contribution in [0, 0.1) is 0 Å². The van der Waals surface area contributed by atoms with E-state index in [-0.39, 0.29) is 5.78 Å². The van der Waals surface area contributed by atoms with Crippen LogP contribution < -0.4 is 5.32 Å².